The van der Waals surface area contributed by atoms with Crippen LogP contribution in [0.2, 0.25) is 0 Å². The third kappa shape index (κ3) is 2.12. The van der Waals surface area contributed by atoms with Crippen LogP contribution < -0.4 is 5.73 Å². The lowest BCUT2D eigenvalue weighted by Crippen LogP contribution is -2.09. The monoisotopic (exact) mass is 181 g/mol. The molecule has 3 heteroatoms. The second kappa shape index (κ2) is 4.14. The number of carbonyl (C=O) groups excluding carboxylic acids is 1. The predicted molar refractivity (Wildman–Crippen MR) is 49.1 cm³/mol. The molecule has 70 valence electrons. The molecule has 1 aromatic carbocycles. The van der Waals surface area contributed by atoms with E-state index in [9.17, 15) is 9.18 Å². The number of hydrogen-bond acceptors (Lipinski definition) is 2. The Labute approximate surface area is 76.6 Å². The van der Waals surface area contributed by atoms with Crippen LogP contribution in [0.4, 0.5) is 4.39 Å². The highest BCUT2D eigenvalue weighted by Gasteiger charge is 2.09. The molecule has 0 aliphatic heterocycles. The lowest BCUT2D eigenvalue weighted by atomic mass is 10.0. The zero-order valence-electron chi connectivity index (χ0n) is 7.51. The Kier molecular flexibility index (Phi) is 3.14. The van der Waals surface area contributed by atoms with E-state index >= 15 is 0 Å². The molecule has 0 atom stereocenters. The van der Waals surface area contributed by atoms with Crippen molar-refractivity contribution in [2.45, 2.75) is 13.3 Å². The first-order chi connectivity index (χ1) is 6.16. The van der Waals surface area contributed by atoms with E-state index in [0.29, 0.717) is 17.7 Å². The number of carbonyl (C=O) groups is 1. The molecule has 2 N–H and O–H groups in total. The van der Waals surface area contributed by atoms with E-state index in [-0.39, 0.29) is 18.0 Å². The smallest absolute Gasteiger partial charge is 0.164 e. The van der Waals surface area contributed by atoms with Gasteiger partial charge in [0, 0.05) is 12.0 Å². The van der Waals surface area contributed by atoms with Crippen LogP contribution in [-0.2, 0) is 0 Å². The van der Waals surface area contributed by atoms with Crippen LogP contribution in [0.5, 0.6) is 0 Å². The van der Waals surface area contributed by atoms with Crippen LogP contribution in [0.15, 0.2) is 18.2 Å². The van der Waals surface area contributed by atoms with Crippen molar-refractivity contribution in [1.82, 2.24) is 0 Å². The highest BCUT2D eigenvalue weighted by Crippen LogP contribution is 2.13. The van der Waals surface area contributed by atoms with Crippen molar-refractivity contribution in [3.05, 3.63) is 35.1 Å². The molecule has 0 saturated carbocycles. The minimum atomic E-state index is -0.345. The van der Waals surface area contributed by atoms with Gasteiger partial charge in [-0.1, -0.05) is 12.1 Å². The van der Waals surface area contributed by atoms with E-state index in [1.807, 2.05) is 0 Å². The summed E-state index contributed by atoms with van der Waals surface area (Å²) in [5, 5.41) is 0. The maximum absolute atomic E-state index is 13.0. The number of rotatable bonds is 3. The maximum atomic E-state index is 13.0. The summed E-state index contributed by atoms with van der Waals surface area (Å²) in [7, 11) is 0. The Balaban J connectivity index is 3.01. The van der Waals surface area contributed by atoms with E-state index in [2.05, 4.69) is 0 Å². The molecule has 0 aliphatic rings. The SMILES string of the molecule is Cc1c(F)cccc1C(=O)CCN. The molecule has 0 fully saturated rings. The van der Waals surface area contributed by atoms with E-state index in [4.69, 9.17) is 5.73 Å². The number of benzene rings is 1. The van der Waals surface area contributed by atoms with Gasteiger partial charge < -0.3 is 5.73 Å². The lowest BCUT2D eigenvalue weighted by molar-refractivity contribution is 0.0984. The van der Waals surface area contributed by atoms with Crippen LogP contribution >= 0.6 is 0 Å². The molecule has 13 heavy (non-hydrogen) atoms. The van der Waals surface area contributed by atoms with Crippen LogP contribution in [0.25, 0.3) is 0 Å². The standard InChI is InChI=1S/C10H12FNO/c1-7-8(10(13)5-6-12)3-2-4-9(7)11/h2-4H,5-6,12H2,1H3. The summed E-state index contributed by atoms with van der Waals surface area (Å²) < 4.78 is 13.0. The van der Waals surface area contributed by atoms with Crippen molar-refractivity contribution in [2.75, 3.05) is 6.54 Å². The topological polar surface area (TPSA) is 43.1 Å². The van der Waals surface area contributed by atoms with Gasteiger partial charge in [0.25, 0.3) is 0 Å². The molecule has 0 amide bonds. The minimum absolute atomic E-state index is 0.0977. The maximum Gasteiger partial charge on any atom is 0.164 e. The van der Waals surface area contributed by atoms with Crippen LogP contribution in [0.3, 0.4) is 0 Å². The quantitative estimate of drug-likeness (QED) is 0.721. The predicted octanol–water partition coefficient (Wildman–Crippen LogP) is 1.67. The first-order valence-corrected chi connectivity index (χ1v) is 4.15. The summed E-state index contributed by atoms with van der Waals surface area (Å²) in [4.78, 5) is 11.4. The molecule has 0 saturated heterocycles. The van der Waals surface area contributed by atoms with Crippen molar-refractivity contribution >= 4 is 5.78 Å². The molecule has 0 aromatic heterocycles. The van der Waals surface area contributed by atoms with E-state index in [0.717, 1.165) is 0 Å². The van der Waals surface area contributed by atoms with Gasteiger partial charge in [-0.3, -0.25) is 4.79 Å². The third-order valence-corrected chi connectivity index (χ3v) is 1.94. The highest BCUT2D eigenvalue weighted by molar-refractivity contribution is 5.97. The van der Waals surface area contributed by atoms with Crippen molar-refractivity contribution in [3.63, 3.8) is 0 Å². The molecule has 0 unspecified atom stereocenters. The molecular formula is C10H12FNO. The van der Waals surface area contributed by atoms with E-state index < -0.39 is 0 Å². The fourth-order valence-electron chi connectivity index (χ4n) is 1.18. The average Bonchev–Trinajstić information content (AvgIpc) is 2.10. The number of halogens is 1. The van der Waals surface area contributed by atoms with Crippen molar-refractivity contribution in [3.8, 4) is 0 Å². The second-order valence-corrected chi connectivity index (χ2v) is 2.87. The largest absolute Gasteiger partial charge is 0.330 e. The van der Waals surface area contributed by atoms with Gasteiger partial charge in [0.1, 0.15) is 5.82 Å². The van der Waals surface area contributed by atoms with Gasteiger partial charge in [0.05, 0.1) is 0 Å². The van der Waals surface area contributed by atoms with Gasteiger partial charge >= 0.3 is 0 Å². The lowest BCUT2D eigenvalue weighted by Gasteiger charge is -2.03. The Bertz CT molecular complexity index is 323. The van der Waals surface area contributed by atoms with Gasteiger partial charge in [-0.15, -0.1) is 0 Å². The Morgan fingerprint density at radius 3 is 2.85 bits per heavy atom. The molecule has 2 nitrogen and oxygen atoms in total. The zero-order chi connectivity index (χ0) is 9.84. The van der Waals surface area contributed by atoms with Gasteiger partial charge in [0.15, 0.2) is 5.78 Å². The van der Waals surface area contributed by atoms with Crippen LogP contribution in [0, 0.1) is 12.7 Å². The number of hydrogen-bond donors (Lipinski definition) is 1. The van der Waals surface area contributed by atoms with Crippen molar-refractivity contribution in [2.24, 2.45) is 5.73 Å². The first kappa shape index (κ1) is 9.86. The number of ketones is 1. The molecule has 1 aromatic rings. The third-order valence-electron chi connectivity index (χ3n) is 1.94. The molecule has 0 radical (unpaired) electrons. The van der Waals surface area contributed by atoms with Gasteiger partial charge in [-0.2, -0.15) is 0 Å². The van der Waals surface area contributed by atoms with Gasteiger partial charge in [-0.25, -0.2) is 4.39 Å². The fourth-order valence-corrected chi connectivity index (χ4v) is 1.18. The molecule has 1 rings (SSSR count). The first-order valence-electron chi connectivity index (χ1n) is 4.15. The Morgan fingerprint density at radius 1 is 1.54 bits per heavy atom. The highest BCUT2D eigenvalue weighted by atomic mass is 19.1. The normalized spacial score (nSPS) is 10.1. The fraction of sp³-hybridized carbons (Fsp3) is 0.300. The van der Waals surface area contributed by atoms with Gasteiger partial charge in [-0.05, 0) is 25.1 Å². The second-order valence-electron chi connectivity index (χ2n) is 2.87. The molecular weight excluding hydrogens is 169 g/mol. The van der Waals surface area contributed by atoms with Crippen molar-refractivity contribution in [1.29, 1.82) is 0 Å². The molecule has 0 bridgehead atoms. The Morgan fingerprint density at radius 2 is 2.23 bits per heavy atom. The number of Topliss-reactive ketones (excluding diaryl/α,β-unsaturated/α-hetero) is 1. The summed E-state index contributed by atoms with van der Waals surface area (Å²) >= 11 is 0. The summed E-state index contributed by atoms with van der Waals surface area (Å²) in [6.45, 7) is 1.90. The van der Waals surface area contributed by atoms with Gasteiger partial charge in [0.2, 0.25) is 0 Å². The Hall–Kier alpha value is -1.22. The van der Waals surface area contributed by atoms with Crippen LogP contribution in [0.1, 0.15) is 22.3 Å². The molecule has 0 spiro atoms. The average molecular weight is 181 g/mol. The zero-order valence-corrected chi connectivity index (χ0v) is 7.51. The van der Waals surface area contributed by atoms with Crippen LogP contribution in [-0.4, -0.2) is 12.3 Å². The summed E-state index contributed by atoms with van der Waals surface area (Å²) in [5.74, 6) is -0.442. The van der Waals surface area contributed by atoms with E-state index in [1.165, 1.54) is 12.1 Å². The number of nitrogens with two attached hydrogens (primary N) is 1. The summed E-state index contributed by atoms with van der Waals surface area (Å²) in [6.07, 6.45) is 0.268. The van der Waals surface area contributed by atoms with Crippen molar-refractivity contribution < 1.29 is 9.18 Å². The minimum Gasteiger partial charge on any atom is -0.330 e. The molecule has 0 aliphatic carbocycles. The van der Waals surface area contributed by atoms with E-state index in [1.54, 1.807) is 13.0 Å². The summed E-state index contributed by atoms with van der Waals surface area (Å²) in [5.41, 5.74) is 6.08. The molecule has 0 heterocycles. The summed E-state index contributed by atoms with van der Waals surface area (Å²) in [6, 6.07) is 4.50.